The zero-order chi connectivity index (χ0) is 19.5. The van der Waals surface area contributed by atoms with Crippen LogP contribution >= 0.6 is 35.3 Å². The number of aromatic nitrogens is 1. The molecule has 0 radical (unpaired) electrons. The molecule has 4 rings (SSSR count). The van der Waals surface area contributed by atoms with Crippen molar-refractivity contribution < 1.29 is 13.9 Å². The number of amides is 1. The van der Waals surface area contributed by atoms with Crippen LogP contribution in [0.3, 0.4) is 0 Å². The van der Waals surface area contributed by atoms with E-state index in [2.05, 4.69) is 4.90 Å². The highest BCUT2D eigenvalue weighted by atomic mass is 35.5. The standard InChI is InChI=1S/C20H22ClN3O3S.ClH/c1-14-12-15(21)13-17-18(14)22-20(28-17)24(19(25)16-4-2-9-27-16)6-3-5-23-7-10-26-11-8-23;/h2,4,9,12-13H,3,5-8,10-11H2,1H3;1H. The van der Waals surface area contributed by atoms with Crippen molar-refractivity contribution in [3.05, 3.63) is 46.9 Å². The van der Waals surface area contributed by atoms with Crippen molar-refractivity contribution in [3.8, 4) is 0 Å². The van der Waals surface area contributed by atoms with Crippen molar-refractivity contribution >= 4 is 56.6 Å². The van der Waals surface area contributed by atoms with E-state index in [4.69, 9.17) is 25.7 Å². The molecule has 1 aromatic carbocycles. The number of rotatable bonds is 6. The van der Waals surface area contributed by atoms with E-state index in [1.54, 1.807) is 17.0 Å². The van der Waals surface area contributed by atoms with Gasteiger partial charge in [0.2, 0.25) is 0 Å². The molecule has 0 bridgehead atoms. The number of nitrogens with zero attached hydrogens (tertiary/aromatic N) is 3. The Morgan fingerprint density at radius 1 is 1.34 bits per heavy atom. The number of furan rings is 1. The smallest absolute Gasteiger partial charge is 0.295 e. The van der Waals surface area contributed by atoms with Gasteiger partial charge in [-0.3, -0.25) is 14.6 Å². The molecule has 29 heavy (non-hydrogen) atoms. The second-order valence-electron chi connectivity index (χ2n) is 6.81. The molecular formula is C20H23Cl2N3O3S. The average molecular weight is 456 g/mol. The lowest BCUT2D eigenvalue weighted by molar-refractivity contribution is 0.0376. The Kier molecular flexibility index (Phi) is 7.54. The Morgan fingerprint density at radius 3 is 2.86 bits per heavy atom. The van der Waals surface area contributed by atoms with Crippen LogP contribution < -0.4 is 4.90 Å². The summed E-state index contributed by atoms with van der Waals surface area (Å²) in [7, 11) is 0. The molecule has 2 aromatic heterocycles. The van der Waals surface area contributed by atoms with Gasteiger partial charge in [-0.25, -0.2) is 4.98 Å². The number of ether oxygens (including phenoxy) is 1. The van der Waals surface area contributed by atoms with E-state index in [9.17, 15) is 4.79 Å². The van der Waals surface area contributed by atoms with Crippen molar-refractivity contribution in [3.63, 3.8) is 0 Å². The summed E-state index contributed by atoms with van der Waals surface area (Å²) in [6, 6.07) is 7.20. The Morgan fingerprint density at radius 2 is 2.14 bits per heavy atom. The molecular weight excluding hydrogens is 433 g/mol. The van der Waals surface area contributed by atoms with Crippen LogP contribution in [-0.2, 0) is 4.74 Å². The largest absolute Gasteiger partial charge is 0.459 e. The van der Waals surface area contributed by atoms with Gasteiger partial charge in [0.25, 0.3) is 5.91 Å². The van der Waals surface area contributed by atoms with Gasteiger partial charge in [-0.15, -0.1) is 12.4 Å². The first-order chi connectivity index (χ1) is 13.6. The molecule has 0 spiro atoms. The molecule has 1 fully saturated rings. The van der Waals surface area contributed by atoms with Crippen LogP contribution in [0.2, 0.25) is 5.02 Å². The summed E-state index contributed by atoms with van der Waals surface area (Å²) in [6.45, 7) is 6.88. The predicted molar refractivity (Wildman–Crippen MR) is 119 cm³/mol. The first kappa shape index (κ1) is 22.1. The lowest BCUT2D eigenvalue weighted by Gasteiger charge is -2.27. The number of carbonyl (C=O) groups excluding carboxylic acids is 1. The molecule has 3 heterocycles. The lowest BCUT2D eigenvalue weighted by Crippen LogP contribution is -2.39. The van der Waals surface area contributed by atoms with Crippen LogP contribution in [0.1, 0.15) is 22.5 Å². The summed E-state index contributed by atoms with van der Waals surface area (Å²) in [5, 5.41) is 1.35. The normalized spacial score (nSPS) is 14.7. The van der Waals surface area contributed by atoms with Gasteiger partial charge in [0, 0.05) is 31.2 Å². The summed E-state index contributed by atoms with van der Waals surface area (Å²) in [4.78, 5) is 21.9. The van der Waals surface area contributed by atoms with Gasteiger partial charge in [0.1, 0.15) is 0 Å². The van der Waals surface area contributed by atoms with Crippen LogP contribution in [0.15, 0.2) is 34.9 Å². The Labute approximate surface area is 184 Å². The van der Waals surface area contributed by atoms with Crippen LogP contribution in [0.5, 0.6) is 0 Å². The van der Waals surface area contributed by atoms with Gasteiger partial charge in [-0.2, -0.15) is 0 Å². The number of aryl methyl sites for hydroxylation is 1. The van der Waals surface area contributed by atoms with Crippen LogP contribution in [-0.4, -0.2) is 55.2 Å². The van der Waals surface area contributed by atoms with Crippen molar-refractivity contribution in [1.29, 1.82) is 0 Å². The molecule has 1 saturated heterocycles. The third-order valence-electron chi connectivity index (χ3n) is 4.81. The van der Waals surface area contributed by atoms with E-state index in [1.165, 1.54) is 17.6 Å². The quantitative estimate of drug-likeness (QED) is 0.541. The van der Waals surface area contributed by atoms with Gasteiger partial charge in [0.05, 0.1) is 29.7 Å². The number of benzene rings is 1. The molecule has 0 saturated carbocycles. The maximum Gasteiger partial charge on any atom is 0.295 e. The fourth-order valence-electron chi connectivity index (χ4n) is 3.35. The molecule has 9 heteroatoms. The Hall–Kier alpha value is -1.64. The molecule has 156 valence electrons. The zero-order valence-corrected chi connectivity index (χ0v) is 18.5. The number of anilines is 1. The number of morpholine rings is 1. The molecule has 0 unspecified atom stereocenters. The maximum absolute atomic E-state index is 13.1. The molecule has 1 aliphatic heterocycles. The van der Waals surface area contributed by atoms with Gasteiger partial charge >= 0.3 is 0 Å². The van der Waals surface area contributed by atoms with Crippen LogP contribution in [0.4, 0.5) is 5.13 Å². The van der Waals surface area contributed by atoms with Crippen LogP contribution in [0.25, 0.3) is 10.2 Å². The highest BCUT2D eigenvalue weighted by Crippen LogP contribution is 2.33. The molecule has 1 amide bonds. The number of carbonyl (C=O) groups is 1. The third-order valence-corrected chi connectivity index (χ3v) is 6.05. The number of hydrogen-bond acceptors (Lipinski definition) is 6. The summed E-state index contributed by atoms with van der Waals surface area (Å²) in [5.41, 5.74) is 1.89. The maximum atomic E-state index is 13.1. The second kappa shape index (κ2) is 9.91. The number of halogens is 2. The predicted octanol–water partition coefficient (Wildman–Crippen LogP) is 4.64. The van der Waals surface area contributed by atoms with E-state index in [0.717, 1.165) is 55.0 Å². The second-order valence-corrected chi connectivity index (χ2v) is 8.25. The fraction of sp³-hybridized carbons (Fsp3) is 0.400. The van der Waals surface area contributed by atoms with Gasteiger partial charge in [-0.05, 0) is 43.2 Å². The molecule has 3 aromatic rings. The van der Waals surface area contributed by atoms with E-state index in [0.29, 0.717) is 22.5 Å². The minimum Gasteiger partial charge on any atom is -0.459 e. The minimum absolute atomic E-state index is 0. The average Bonchev–Trinajstić information content (AvgIpc) is 3.35. The van der Waals surface area contributed by atoms with E-state index in [-0.39, 0.29) is 18.3 Å². The van der Waals surface area contributed by atoms with Gasteiger partial charge in [-0.1, -0.05) is 22.9 Å². The zero-order valence-electron chi connectivity index (χ0n) is 16.1. The lowest BCUT2D eigenvalue weighted by atomic mass is 10.2. The Balaban J connectivity index is 0.00000240. The topological polar surface area (TPSA) is 58.8 Å². The number of hydrogen-bond donors (Lipinski definition) is 0. The van der Waals surface area contributed by atoms with E-state index in [1.807, 2.05) is 19.1 Å². The molecule has 0 aliphatic carbocycles. The Bertz CT molecular complexity index is 955. The third kappa shape index (κ3) is 5.10. The van der Waals surface area contributed by atoms with Gasteiger partial charge in [0.15, 0.2) is 10.9 Å². The summed E-state index contributed by atoms with van der Waals surface area (Å²) in [5.74, 6) is 0.148. The highest BCUT2D eigenvalue weighted by molar-refractivity contribution is 7.22. The van der Waals surface area contributed by atoms with Crippen molar-refractivity contribution in [2.45, 2.75) is 13.3 Å². The summed E-state index contributed by atoms with van der Waals surface area (Å²) in [6.07, 6.45) is 2.36. The van der Waals surface area contributed by atoms with Crippen molar-refractivity contribution in [2.75, 3.05) is 44.3 Å². The first-order valence-corrected chi connectivity index (χ1v) is 10.5. The van der Waals surface area contributed by atoms with E-state index >= 15 is 0 Å². The van der Waals surface area contributed by atoms with Crippen molar-refractivity contribution in [1.82, 2.24) is 9.88 Å². The molecule has 6 nitrogen and oxygen atoms in total. The van der Waals surface area contributed by atoms with Crippen LogP contribution in [0, 0.1) is 6.92 Å². The van der Waals surface area contributed by atoms with E-state index < -0.39 is 0 Å². The molecule has 0 N–H and O–H groups in total. The number of thiazole rings is 1. The van der Waals surface area contributed by atoms with Gasteiger partial charge < -0.3 is 9.15 Å². The fourth-order valence-corrected chi connectivity index (χ4v) is 4.80. The first-order valence-electron chi connectivity index (χ1n) is 9.34. The molecule has 0 atom stereocenters. The minimum atomic E-state index is -0.171. The monoisotopic (exact) mass is 455 g/mol. The molecule has 1 aliphatic rings. The SMILES string of the molecule is Cc1cc(Cl)cc2sc(N(CCCN3CCOCC3)C(=O)c3ccco3)nc12.Cl. The number of fused-ring (bicyclic) bond motifs is 1. The highest BCUT2D eigenvalue weighted by Gasteiger charge is 2.24. The summed E-state index contributed by atoms with van der Waals surface area (Å²) < 4.78 is 11.7. The summed E-state index contributed by atoms with van der Waals surface area (Å²) >= 11 is 7.67. The van der Waals surface area contributed by atoms with Crippen molar-refractivity contribution in [2.24, 2.45) is 0 Å².